The predicted octanol–water partition coefficient (Wildman–Crippen LogP) is 2.92. The van der Waals surface area contributed by atoms with Crippen LogP contribution in [0.15, 0.2) is 72.8 Å². The van der Waals surface area contributed by atoms with E-state index in [9.17, 15) is 14.4 Å². The quantitative estimate of drug-likeness (QED) is 0.512. The maximum atomic E-state index is 12.7. The molecule has 1 N–H and O–H groups in total. The first-order chi connectivity index (χ1) is 12.6. The van der Waals surface area contributed by atoms with Crippen LogP contribution in [0.2, 0.25) is 0 Å². The Morgan fingerprint density at radius 2 is 1.69 bits per heavy atom. The fourth-order valence-electron chi connectivity index (χ4n) is 2.45. The van der Waals surface area contributed by atoms with E-state index >= 15 is 0 Å². The van der Waals surface area contributed by atoms with E-state index in [1.54, 1.807) is 60.7 Å². The zero-order valence-corrected chi connectivity index (χ0v) is 13.8. The van der Waals surface area contributed by atoms with Crippen molar-refractivity contribution in [2.24, 2.45) is 0 Å². The molecule has 1 fully saturated rings. The molecule has 1 aliphatic heterocycles. The van der Waals surface area contributed by atoms with Crippen LogP contribution in [0.5, 0.6) is 5.75 Å². The summed E-state index contributed by atoms with van der Waals surface area (Å²) in [6.07, 6.45) is 3.08. The predicted molar refractivity (Wildman–Crippen MR) is 97.6 cm³/mol. The Morgan fingerprint density at radius 1 is 1.00 bits per heavy atom. The summed E-state index contributed by atoms with van der Waals surface area (Å²) in [6, 6.07) is 14.5. The smallest absolute Gasteiger partial charge is 0.335 e. The van der Waals surface area contributed by atoms with Gasteiger partial charge in [-0.15, -0.1) is 0 Å². The summed E-state index contributed by atoms with van der Waals surface area (Å²) < 4.78 is 5.39. The highest BCUT2D eigenvalue weighted by atomic mass is 16.5. The van der Waals surface area contributed by atoms with E-state index in [2.05, 4.69) is 11.9 Å². The number of para-hydroxylation sites is 1. The lowest BCUT2D eigenvalue weighted by atomic mass is 10.1. The maximum absolute atomic E-state index is 12.7. The number of amides is 4. The molecule has 2 aromatic carbocycles. The molecule has 1 heterocycles. The minimum Gasteiger partial charge on any atom is -0.490 e. The number of ether oxygens (including phenoxy) is 1. The Kier molecular flexibility index (Phi) is 4.94. The molecule has 6 nitrogen and oxygen atoms in total. The number of nitrogens with zero attached hydrogens (tertiary/aromatic N) is 1. The topological polar surface area (TPSA) is 75.7 Å². The molecule has 6 heteroatoms. The number of carbonyl (C=O) groups is 3. The molecule has 0 spiro atoms. The van der Waals surface area contributed by atoms with E-state index in [0.29, 0.717) is 23.6 Å². The van der Waals surface area contributed by atoms with Crippen LogP contribution in [0.4, 0.5) is 10.5 Å². The summed E-state index contributed by atoms with van der Waals surface area (Å²) in [5.41, 5.74) is 0.909. The van der Waals surface area contributed by atoms with Crippen molar-refractivity contribution in [2.45, 2.75) is 0 Å². The third-order valence-electron chi connectivity index (χ3n) is 3.68. The molecule has 0 radical (unpaired) electrons. The number of hydrogen-bond donors (Lipinski definition) is 1. The van der Waals surface area contributed by atoms with Crippen molar-refractivity contribution in [2.75, 3.05) is 11.5 Å². The number of imide groups is 2. The maximum Gasteiger partial charge on any atom is 0.335 e. The van der Waals surface area contributed by atoms with Gasteiger partial charge in [0.2, 0.25) is 0 Å². The van der Waals surface area contributed by atoms with Crippen LogP contribution in [0.1, 0.15) is 5.56 Å². The van der Waals surface area contributed by atoms with Gasteiger partial charge in [-0.3, -0.25) is 14.9 Å². The number of nitrogens with one attached hydrogen (secondary N) is 1. The third-order valence-corrected chi connectivity index (χ3v) is 3.68. The third kappa shape index (κ3) is 3.54. The van der Waals surface area contributed by atoms with Crippen molar-refractivity contribution in [3.05, 3.63) is 78.4 Å². The summed E-state index contributed by atoms with van der Waals surface area (Å²) in [5, 5.41) is 2.19. The average molecular weight is 348 g/mol. The molecule has 130 valence electrons. The standard InChI is InChI=1S/C20H16N2O4/c1-2-12-26-16-10-8-14(9-11-16)13-17-18(23)21-20(25)22(19(17)24)15-6-4-3-5-7-15/h2-11,13H,1,12H2,(H,21,23,25)/b17-13+. The number of hydrogen-bond acceptors (Lipinski definition) is 4. The number of rotatable bonds is 5. The van der Waals surface area contributed by atoms with E-state index in [0.717, 1.165) is 4.90 Å². The van der Waals surface area contributed by atoms with Gasteiger partial charge in [-0.1, -0.05) is 43.0 Å². The first-order valence-corrected chi connectivity index (χ1v) is 7.90. The van der Waals surface area contributed by atoms with Crippen molar-refractivity contribution in [3.63, 3.8) is 0 Å². The highest BCUT2D eigenvalue weighted by Crippen LogP contribution is 2.22. The Balaban J connectivity index is 1.89. The van der Waals surface area contributed by atoms with Crippen molar-refractivity contribution < 1.29 is 19.1 Å². The van der Waals surface area contributed by atoms with E-state index in [4.69, 9.17) is 4.74 Å². The van der Waals surface area contributed by atoms with Gasteiger partial charge in [0.05, 0.1) is 5.69 Å². The number of benzene rings is 2. The monoisotopic (exact) mass is 348 g/mol. The summed E-state index contributed by atoms with van der Waals surface area (Å²) in [4.78, 5) is 37.8. The molecule has 0 atom stereocenters. The second-order valence-electron chi connectivity index (χ2n) is 5.46. The summed E-state index contributed by atoms with van der Waals surface area (Å²) >= 11 is 0. The van der Waals surface area contributed by atoms with Gasteiger partial charge >= 0.3 is 6.03 Å². The van der Waals surface area contributed by atoms with Gasteiger partial charge in [0.1, 0.15) is 17.9 Å². The lowest BCUT2D eigenvalue weighted by Crippen LogP contribution is -2.54. The normalized spacial score (nSPS) is 15.8. The van der Waals surface area contributed by atoms with Crippen LogP contribution in [-0.2, 0) is 9.59 Å². The molecule has 26 heavy (non-hydrogen) atoms. The average Bonchev–Trinajstić information content (AvgIpc) is 2.65. The van der Waals surface area contributed by atoms with Crippen LogP contribution in [0.3, 0.4) is 0 Å². The summed E-state index contributed by atoms with van der Waals surface area (Å²) in [5.74, 6) is -0.747. The van der Waals surface area contributed by atoms with Crippen LogP contribution in [0.25, 0.3) is 6.08 Å². The molecule has 0 saturated carbocycles. The first-order valence-electron chi connectivity index (χ1n) is 7.90. The zero-order valence-electron chi connectivity index (χ0n) is 13.8. The van der Waals surface area contributed by atoms with Gasteiger partial charge in [0.15, 0.2) is 0 Å². The molecule has 4 amide bonds. The number of anilines is 1. The van der Waals surface area contributed by atoms with Gasteiger partial charge in [-0.05, 0) is 35.9 Å². The van der Waals surface area contributed by atoms with E-state index in [1.807, 2.05) is 0 Å². The van der Waals surface area contributed by atoms with E-state index in [-0.39, 0.29) is 5.57 Å². The Hall–Kier alpha value is -3.67. The largest absolute Gasteiger partial charge is 0.490 e. The molecular formula is C20H16N2O4. The Bertz CT molecular complexity index is 886. The van der Waals surface area contributed by atoms with Crippen molar-refractivity contribution in [1.82, 2.24) is 5.32 Å². The molecule has 2 aromatic rings. The lowest BCUT2D eigenvalue weighted by molar-refractivity contribution is -0.122. The van der Waals surface area contributed by atoms with E-state index in [1.165, 1.54) is 6.08 Å². The second-order valence-corrected chi connectivity index (χ2v) is 5.46. The Labute approximate surface area is 150 Å². The molecule has 0 aromatic heterocycles. The first kappa shape index (κ1) is 17.2. The molecule has 1 saturated heterocycles. The van der Waals surface area contributed by atoms with Crippen LogP contribution < -0.4 is 15.0 Å². The van der Waals surface area contributed by atoms with Gasteiger partial charge < -0.3 is 4.74 Å². The SMILES string of the molecule is C=CCOc1ccc(/C=C2\C(=O)NC(=O)N(c3ccccc3)C2=O)cc1. The Morgan fingerprint density at radius 3 is 2.35 bits per heavy atom. The lowest BCUT2D eigenvalue weighted by Gasteiger charge is -2.26. The number of urea groups is 1. The number of carbonyl (C=O) groups excluding carboxylic acids is 3. The fraction of sp³-hybridized carbons (Fsp3) is 0.0500. The van der Waals surface area contributed by atoms with Gasteiger partial charge in [-0.2, -0.15) is 0 Å². The highest BCUT2D eigenvalue weighted by molar-refractivity contribution is 6.39. The van der Waals surface area contributed by atoms with Crippen LogP contribution >= 0.6 is 0 Å². The molecule has 0 bridgehead atoms. The minimum atomic E-state index is -0.767. The second kappa shape index (κ2) is 7.48. The van der Waals surface area contributed by atoms with E-state index < -0.39 is 17.8 Å². The molecule has 0 unspecified atom stereocenters. The van der Waals surface area contributed by atoms with Crippen LogP contribution in [-0.4, -0.2) is 24.5 Å². The molecular weight excluding hydrogens is 332 g/mol. The van der Waals surface area contributed by atoms with Crippen LogP contribution in [0, 0.1) is 0 Å². The zero-order chi connectivity index (χ0) is 18.5. The van der Waals surface area contributed by atoms with Gasteiger partial charge in [0.25, 0.3) is 11.8 Å². The van der Waals surface area contributed by atoms with Gasteiger partial charge in [0, 0.05) is 0 Å². The summed E-state index contributed by atoms with van der Waals surface area (Å²) in [7, 11) is 0. The minimum absolute atomic E-state index is 0.117. The number of barbiturate groups is 1. The van der Waals surface area contributed by atoms with Crippen molar-refractivity contribution >= 4 is 29.6 Å². The fourth-order valence-corrected chi connectivity index (χ4v) is 2.45. The molecule has 0 aliphatic carbocycles. The van der Waals surface area contributed by atoms with Gasteiger partial charge in [-0.25, -0.2) is 9.69 Å². The molecule has 1 aliphatic rings. The van der Waals surface area contributed by atoms with Crippen molar-refractivity contribution in [3.8, 4) is 5.75 Å². The van der Waals surface area contributed by atoms with Crippen molar-refractivity contribution in [1.29, 1.82) is 0 Å². The highest BCUT2D eigenvalue weighted by Gasteiger charge is 2.36. The summed E-state index contributed by atoms with van der Waals surface area (Å²) in [6.45, 7) is 3.96. The molecule has 3 rings (SSSR count).